The van der Waals surface area contributed by atoms with Gasteiger partial charge in [-0.15, -0.1) is 0 Å². The summed E-state index contributed by atoms with van der Waals surface area (Å²) in [6, 6.07) is 12.2. The van der Waals surface area contributed by atoms with E-state index in [1.807, 2.05) is 24.3 Å². The van der Waals surface area contributed by atoms with Gasteiger partial charge in [-0.1, -0.05) is 29.5 Å². The number of benzene rings is 2. The maximum Gasteiger partial charge on any atom is 0.231 e. The molecule has 1 aliphatic rings. The zero-order valence-corrected chi connectivity index (χ0v) is 15.3. The summed E-state index contributed by atoms with van der Waals surface area (Å²) in [5.74, 6) is -1.35. The molecule has 9 heteroatoms. The zero-order valence-electron chi connectivity index (χ0n) is 14.5. The van der Waals surface area contributed by atoms with Gasteiger partial charge >= 0.3 is 0 Å². The molecular formula is C19H14FN5O2S. The normalized spacial score (nSPS) is 17.0. The Morgan fingerprint density at radius 2 is 2.11 bits per heavy atom. The fourth-order valence-corrected chi connectivity index (χ4v) is 4.30. The second kappa shape index (κ2) is 6.38. The number of para-hydroxylation sites is 1. The highest BCUT2D eigenvalue weighted by Crippen LogP contribution is 2.32. The molecule has 0 unspecified atom stereocenters. The maximum absolute atomic E-state index is 14.2. The molecule has 7 nitrogen and oxygen atoms in total. The number of fused-ring (bicyclic) bond motifs is 2. The molecule has 0 spiro atoms. The summed E-state index contributed by atoms with van der Waals surface area (Å²) >= 11 is 1.38. The Bertz CT molecular complexity index is 1200. The largest absolute Gasteiger partial charge is 0.302 e. The Hall–Kier alpha value is -3.33. The van der Waals surface area contributed by atoms with Crippen LogP contribution in [-0.4, -0.2) is 33.5 Å². The molecule has 140 valence electrons. The number of nitrogens with one attached hydrogen (secondary N) is 2. The minimum absolute atomic E-state index is 0.0412. The smallest absolute Gasteiger partial charge is 0.231 e. The van der Waals surface area contributed by atoms with Crippen molar-refractivity contribution in [2.75, 3.05) is 16.8 Å². The van der Waals surface area contributed by atoms with Gasteiger partial charge in [0.15, 0.2) is 10.9 Å². The van der Waals surface area contributed by atoms with E-state index in [1.54, 1.807) is 12.1 Å². The highest BCUT2D eigenvalue weighted by Gasteiger charge is 2.37. The number of aromatic nitrogens is 3. The summed E-state index contributed by atoms with van der Waals surface area (Å²) in [5.41, 5.74) is 1.32. The fraction of sp³-hybridized carbons (Fsp3) is 0.158. The van der Waals surface area contributed by atoms with Gasteiger partial charge in [-0.3, -0.25) is 19.6 Å². The van der Waals surface area contributed by atoms with Crippen LogP contribution in [0.2, 0.25) is 0 Å². The van der Waals surface area contributed by atoms with E-state index in [1.165, 1.54) is 22.3 Å². The highest BCUT2D eigenvalue weighted by molar-refractivity contribution is 7.22. The molecule has 1 saturated heterocycles. The standard InChI is InChI=1S/C19H14FN5O2S/c20-11-4-3-6-13-16(11)17(24-23-13)25-9-10(8-15(25)26)18(27)22-19-21-12-5-1-2-7-14(12)28-19/h1-7,10H,8-9H2,(H,23,24)(H,21,22,27)/t10-/m0/s1. The predicted molar refractivity (Wildman–Crippen MR) is 105 cm³/mol. The Balaban J connectivity index is 1.37. The summed E-state index contributed by atoms with van der Waals surface area (Å²) in [6.07, 6.45) is 0.0412. The van der Waals surface area contributed by atoms with Crippen LogP contribution in [-0.2, 0) is 9.59 Å². The van der Waals surface area contributed by atoms with Crippen molar-refractivity contribution in [2.45, 2.75) is 6.42 Å². The van der Waals surface area contributed by atoms with E-state index in [0.717, 1.165) is 10.2 Å². The second-order valence-corrected chi connectivity index (χ2v) is 7.62. The van der Waals surface area contributed by atoms with Crippen LogP contribution in [0.4, 0.5) is 15.3 Å². The number of aromatic amines is 1. The molecule has 1 atom stereocenters. The van der Waals surface area contributed by atoms with E-state index in [0.29, 0.717) is 10.6 Å². The summed E-state index contributed by atoms with van der Waals surface area (Å²) < 4.78 is 15.2. The molecule has 0 radical (unpaired) electrons. The molecule has 2 N–H and O–H groups in total. The van der Waals surface area contributed by atoms with Gasteiger partial charge in [0.1, 0.15) is 5.82 Å². The molecular weight excluding hydrogens is 381 g/mol. The van der Waals surface area contributed by atoms with Crippen LogP contribution in [0.3, 0.4) is 0 Å². The number of carbonyl (C=O) groups is 2. The number of thiazole rings is 1. The average molecular weight is 395 g/mol. The van der Waals surface area contributed by atoms with E-state index in [2.05, 4.69) is 20.5 Å². The third-order valence-electron chi connectivity index (χ3n) is 4.79. The molecule has 2 amide bonds. The van der Waals surface area contributed by atoms with Crippen molar-refractivity contribution in [3.63, 3.8) is 0 Å². The van der Waals surface area contributed by atoms with Crippen molar-refractivity contribution in [1.82, 2.24) is 15.2 Å². The van der Waals surface area contributed by atoms with E-state index in [-0.39, 0.29) is 36.0 Å². The third-order valence-corrected chi connectivity index (χ3v) is 5.75. The minimum Gasteiger partial charge on any atom is -0.302 e. The quantitative estimate of drug-likeness (QED) is 0.557. The van der Waals surface area contributed by atoms with Gasteiger partial charge in [0.2, 0.25) is 11.8 Å². The van der Waals surface area contributed by atoms with Crippen LogP contribution < -0.4 is 10.2 Å². The molecule has 4 aromatic rings. The van der Waals surface area contributed by atoms with Crippen LogP contribution in [0.5, 0.6) is 0 Å². The number of nitrogens with zero attached hydrogens (tertiary/aromatic N) is 3. The molecule has 0 aliphatic carbocycles. The molecule has 0 bridgehead atoms. The first-order valence-electron chi connectivity index (χ1n) is 8.69. The SMILES string of the molecule is O=C(Nc1nc2ccccc2s1)[C@H]1CC(=O)N(c2n[nH]c3cccc(F)c23)C1. The Morgan fingerprint density at radius 3 is 2.96 bits per heavy atom. The number of halogens is 1. The van der Waals surface area contributed by atoms with Crippen LogP contribution in [0, 0.1) is 11.7 Å². The molecule has 0 saturated carbocycles. The molecule has 3 heterocycles. The molecule has 1 fully saturated rings. The van der Waals surface area contributed by atoms with Crippen molar-refractivity contribution < 1.29 is 14.0 Å². The van der Waals surface area contributed by atoms with Gasteiger partial charge in [0.05, 0.1) is 27.0 Å². The summed E-state index contributed by atoms with van der Waals surface area (Å²) in [6.45, 7) is 0.143. The van der Waals surface area contributed by atoms with Gasteiger partial charge < -0.3 is 5.32 Å². The average Bonchev–Trinajstić information content (AvgIpc) is 3.37. The number of H-pyrrole nitrogens is 1. The van der Waals surface area contributed by atoms with Gasteiger partial charge in [-0.25, -0.2) is 9.37 Å². The summed E-state index contributed by atoms with van der Waals surface area (Å²) in [4.78, 5) is 30.9. The van der Waals surface area contributed by atoms with Crippen LogP contribution in [0.15, 0.2) is 42.5 Å². The lowest BCUT2D eigenvalue weighted by Gasteiger charge is -2.14. The van der Waals surface area contributed by atoms with Crippen molar-refractivity contribution in [3.8, 4) is 0 Å². The second-order valence-electron chi connectivity index (χ2n) is 6.59. The lowest BCUT2D eigenvalue weighted by molar-refractivity contribution is -0.122. The van der Waals surface area contributed by atoms with Crippen LogP contribution >= 0.6 is 11.3 Å². The highest BCUT2D eigenvalue weighted by atomic mass is 32.1. The topological polar surface area (TPSA) is 91.0 Å². The van der Waals surface area contributed by atoms with Gasteiger partial charge in [-0.2, -0.15) is 5.10 Å². The monoisotopic (exact) mass is 395 g/mol. The molecule has 5 rings (SSSR count). The van der Waals surface area contributed by atoms with Gasteiger partial charge in [0, 0.05) is 13.0 Å². The Kier molecular flexibility index (Phi) is 3.83. The first-order chi connectivity index (χ1) is 13.6. The first kappa shape index (κ1) is 16.8. The maximum atomic E-state index is 14.2. The van der Waals surface area contributed by atoms with E-state index in [9.17, 15) is 14.0 Å². The number of amides is 2. The van der Waals surface area contributed by atoms with E-state index < -0.39 is 11.7 Å². The number of rotatable bonds is 3. The molecule has 2 aromatic carbocycles. The molecule has 28 heavy (non-hydrogen) atoms. The molecule has 2 aromatic heterocycles. The minimum atomic E-state index is -0.557. The Morgan fingerprint density at radius 1 is 1.25 bits per heavy atom. The number of hydrogen-bond donors (Lipinski definition) is 2. The number of carbonyl (C=O) groups excluding carboxylic acids is 2. The van der Waals surface area contributed by atoms with Crippen molar-refractivity contribution in [2.24, 2.45) is 5.92 Å². The van der Waals surface area contributed by atoms with Crippen molar-refractivity contribution in [3.05, 3.63) is 48.3 Å². The predicted octanol–water partition coefficient (Wildman–Crippen LogP) is 3.30. The van der Waals surface area contributed by atoms with Gasteiger partial charge in [0.25, 0.3) is 0 Å². The van der Waals surface area contributed by atoms with Gasteiger partial charge in [-0.05, 0) is 24.3 Å². The first-order valence-corrected chi connectivity index (χ1v) is 9.51. The summed E-state index contributed by atoms with van der Waals surface area (Å²) in [7, 11) is 0. The fourth-order valence-electron chi connectivity index (χ4n) is 3.43. The zero-order chi connectivity index (χ0) is 19.3. The third kappa shape index (κ3) is 2.71. The Labute approximate surface area is 162 Å². The van der Waals surface area contributed by atoms with Crippen molar-refractivity contribution >= 4 is 55.2 Å². The lowest BCUT2D eigenvalue weighted by Crippen LogP contribution is -2.28. The lowest BCUT2D eigenvalue weighted by atomic mass is 10.1. The number of hydrogen-bond acceptors (Lipinski definition) is 5. The van der Waals surface area contributed by atoms with E-state index in [4.69, 9.17) is 0 Å². The molecule has 1 aliphatic heterocycles. The summed E-state index contributed by atoms with van der Waals surface area (Å²) in [5, 5.41) is 10.4. The van der Waals surface area contributed by atoms with Crippen LogP contribution in [0.1, 0.15) is 6.42 Å². The number of anilines is 2. The van der Waals surface area contributed by atoms with E-state index >= 15 is 0 Å². The van der Waals surface area contributed by atoms with Crippen molar-refractivity contribution in [1.29, 1.82) is 0 Å². The van der Waals surface area contributed by atoms with Crippen LogP contribution in [0.25, 0.3) is 21.1 Å².